The Labute approximate surface area is 112 Å². The number of benzene rings is 2. The van der Waals surface area contributed by atoms with Crippen LogP contribution < -0.4 is 11.1 Å². The van der Waals surface area contributed by atoms with E-state index in [1.807, 2.05) is 36.4 Å². The maximum absolute atomic E-state index is 5.98. The molecule has 1 heterocycles. The average molecular weight is 249 g/mol. The normalized spacial score (nSPS) is 10.6. The number of aryl methyl sites for hydroxylation is 1. The molecule has 3 aromatic rings. The Hall–Kier alpha value is -2.55. The van der Waals surface area contributed by atoms with Gasteiger partial charge in [-0.3, -0.25) is 4.98 Å². The van der Waals surface area contributed by atoms with Gasteiger partial charge in [-0.2, -0.15) is 0 Å². The van der Waals surface area contributed by atoms with Crippen LogP contribution in [0.5, 0.6) is 0 Å². The third-order valence-corrected chi connectivity index (χ3v) is 3.22. The van der Waals surface area contributed by atoms with Crippen molar-refractivity contribution in [3.63, 3.8) is 0 Å². The van der Waals surface area contributed by atoms with E-state index in [-0.39, 0.29) is 0 Å². The number of nitrogens with one attached hydrogen (secondary N) is 1. The number of nitrogens with two attached hydrogens (primary N) is 1. The first-order valence-corrected chi connectivity index (χ1v) is 6.21. The van der Waals surface area contributed by atoms with E-state index in [2.05, 4.69) is 29.4 Å². The van der Waals surface area contributed by atoms with Gasteiger partial charge in [0, 0.05) is 23.0 Å². The molecule has 0 aliphatic heterocycles. The van der Waals surface area contributed by atoms with E-state index in [9.17, 15) is 0 Å². The number of hydrogen-bond acceptors (Lipinski definition) is 3. The highest BCUT2D eigenvalue weighted by Crippen LogP contribution is 2.29. The summed E-state index contributed by atoms with van der Waals surface area (Å²) in [5.41, 5.74) is 10.9. The number of anilines is 3. The van der Waals surface area contributed by atoms with Crippen molar-refractivity contribution in [2.45, 2.75) is 6.92 Å². The lowest BCUT2D eigenvalue weighted by Gasteiger charge is -2.12. The molecule has 0 fully saturated rings. The van der Waals surface area contributed by atoms with Gasteiger partial charge in [0.25, 0.3) is 0 Å². The quantitative estimate of drug-likeness (QED) is 0.678. The number of fused-ring (bicyclic) bond motifs is 1. The molecule has 0 saturated heterocycles. The van der Waals surface area contributed by atoms with E-state index in [1.165, 1.54) is 5.56 Å². The first kappa shape index (κ1) is 11.5. The molecule has 3 heteroatoms. The molecular formula is C16H15N3. The molecule has 0 spiro atoms. The highest BCUT2D eigenvalue weighted by atomic mass is 14.9. The van der Waals surface area contributed by atoms with E-state index in [0.717, 1.165) is 28.0 Å². The number of pyridine rings is 1. The molecule has 94 valence electrons. The van der Waals surface area contributed by atoms with Gasteiger partial charge in [-0.05, 0) is 42.8 Å². The summed E-state index contributed by atoms with van der Waals surface area (Å²) >= 11 is 0. The standard InChI is InChI=1S/C16H15N3/c1-11-5-2-3-7-14(11)19-15-9-8-13(17)12-6-4-10-18-16(12)15/h2-10,19H,17H2,1H3. The van der Waals surface area contributed by atoms with Crippen molar-refractivity contribution >= 4 is 28.0 Å². The number of aromatic nitrogens is 1. The Morgan fingerprint density at radius 1 is 0.947 bits per heavy atom. The van der Waals surface area contributed by atoms with Crippen LogP contribution in [0.15, 0.2) is 54.7 Å². The minimum atomic E-state index is 0.749. The van der Waals surface area contributed by atoms with Gasteiger partial charge in [0.1, 0.15) is 0 Å². The van der Waals surface area contributed by atoms with Crippen LogP contribution in [-0.2, 0) is 0 Å². The molecular weight excluding hydrogens is 234 g/mol. The average Bonchev–Trinajstić information content (AvgIpc) is 2.44. The monoisotopic (exact) mass is 249 g/mol. The molecule has 0 amide bonds. The predicted octanol–water partition coefficient (Wildman–Crippen LogP) is 3.87. The third-order valence-electron chi connectivity index (χ3n) is 3.22. The second-order valence-electron chi connectivity index (χ2n) is 4.54. The molecule has 0 saturated carbocycles. The molecule has 19 heavy (non-hydrogen) atoms. The van der Waals surface area contributed by atoms with Crippen LogP contribution >= 0.6 is 0 Å². The molecule has 0 bridgehead atoms. The minimum Gasteiger partial charge on any atom is -0.398 e. The lowest BCUT2D eigenvalue weighted by Crippen LogP contribution is -1.96. The summed E-state index contributed by atoms with van der Waals surface area (Å²) in [5.74, 6) is 0. The summed E-state index contributed by atoms with van der Waals surface area (Å²) in [6.45, 7) is 2.08. The fourth-order valence-corrected chi connectivity index (χ4v) is 2.15. The zero-order valence-electron chi connectivity index (χ0n) is 10.7. The number of hydrogen-bond donors (Lipinski definition) is 2. The van der Waals surface area contributed by atoms with Crippen molar-refractivity contribution in [3.8, 4) is 0 Å². The Morgan fingerprint density at radius 2 is 1.79 bits per heavy atom. The van der Waals surface area contributed by atoms with Crippen molar-refractivity contribution < 1.29 is 0 Å². The van der Waals surface area contributed by atoms with Crippen LogP contribution in [0, 0.1) is 6.92 Å². The second-order valence-corrected chi connectivity index (χ2v) is 4.54. The zero-order chi connectivity index (χ0) is 13.2. The van der Waals surface area contributed by atoms with E-state index < -0.39 is 0 Å². The fourth-order valence-electron chi connectivity index (χ4n) is 2.15. The second kappa shape index (κ2) is 4.61. The summed E-state index contributed by atoms with van der Waals surface area (Å²) in [5, 5.41) is 4.40. The van der Waals surface area contributed by atoms with Crippen molar-refractivity contribution in [3.05, 3.63) is 60.3 Å². The van der Waals surface area contributed by atoms with Crippen LogP contribution in [-0.4, -0.2) is 4.98 Å². The van der Waals surface area contributed by atoms with Gasteiger partial charge in [0.2, 0.25) is 0 Å². The summed E-state index contributed by atoms with van der Waals surface area (Å²) in [6.07, 6.45) is 1.78. The highest BCUT2D eigenvalue weighted by Gasteiger charge is 2.06. The Kier molecular flexibility index (Phi) is 2.80. The minimum absolute atomic E-state index is 0.749. The van der Waals surface area contributed by atoms with Crippen LogP contribution in [0.25, 0.3) is 10.9 Å². The van der Waals surface area contributed by atoms with Gasteiger partial charge < -0.3 is 11.1 Å². The summed E-state index contributed by atoms with van der Waals surface area (Å²) in [6, 6.07) is 15.9. The molecule has 0 aliphatic carbocycles. The van der Waals surface area contributed by atoms with Crippen LogP contribution in [0.1, 0.15) is 5.56 Å². The lowest BCUT2D eigenvalue weighted by molar-refractivity contribution is 1.39. The van der Waals surface area contributed by atoms with Crippen LogP contribution in [0.3, 0.4) is 0 Å². The smallest absolute Gasteiger partial charge is 0.0957 e. The Bertz CT molecular complexity index is 735. The first-order valence-electron chi connectivity index (χ1n) is 6.21. The molecule has 0 atom stereocenters. The summed E-state index contributed by atoms with van der Waals surface area (Å²) in [7, 11) is 0. The molecule has 0 radical (unpaired) electrons. The zero-order valence-corrected chi connectivity index (χ0v) is 10.7. The van der Waals surface area contributed by atoms with Crippen molar-refractivity contribution in [1.29, 1.82) is 0 Å². The molecule has 3 N–H and O–H groups in total. The number of nitrogen functional groups attached to an aromatic ring is 1. The molecule has 2 aromatic carbocycles. The van der Waals surface area contributed by atoms with Crippen molar-refractivity contribution in [2.24, 2.45) is 0 Å². The Morgan fingerprint density at radius 3 is 2.63 bits per heavy atom. The molecule has 0 aliphatic rings. The van der Waals surface area contributed by atoms with Crippen LogP contribution in [0.4, 0.5) is 17.1 Å². The number of rotatable bonds is 2. The van der Waals surface area contributed by atoms with Gasteiger partial charge in [0.05, 0.1) is 11.2 Å². The SMILES string of the molecule is Cc1ccccc1Nc1ccc(N)c2cccnc12. The lowest BCUT2D eigenvalue weighted by atomic mass is 10.1. The highest BCUT2D eigenvalue weighted by molar-refractivity contribution is 5.99. The third kappa shape index (κ3) is 2.10. The maximum atomic E-state index is 5.98. The van der Waals surface area contributed by atoms with E-state index >= 15 is 0 Å². The first-order chi connectivity index (χ1) is 9.25. The van der Waals surface area contributed by atoms with E-state index in [1.54, 1.807) is 6.20 Å². The molecule has 1 aromatic heterocycles. The van der Waals surface area contributed by atoms with Crippen molar-refractivity contribution in [1.82, 2.24) is 4.98 Å². The predicted molar refractivity (Wildman–Crippen MR) is 80.6 cm³/mol. The van der Waals surface area contributed by atoms with Gasteiger partial charge in [-0.25, -0.2) is 0 Å². The van der Waals surface area contributed by atoms with E-state index in [4.69, 9.17) is 5.73 Å². The maximum Gasteiger partial charge on any atom is 0.0957 e. The topological polar surface area (TPSA) is 50.9 Å². The number of para-hydroxylation sites is 1. The van der Waals surface area contributed by atoms with Gasteiger partial charge in [-0.1, -0.05) is 18.2 Å². The largest absolute Gasteiger partial charge is 0.398 e. The summed E-state index contributed by atoms with van der Waals surface area (Å²) < 4.78 is 0. The van der Waals surface area contributed by atoms with Gasteiger partial charge in [0.15, 0.2) is 0 Å². The van der Waals surface area contributed by atoms with Gasteiger partial charge in [-0.15, -0.1) is 0 Å². The molecule has 3 rings (SSSR count). The molecule has 3 nitrogen and oxygen atoms in total. The van der Waals surface area contributed by atoms with E-state index in [0.29, 0.717) is 0 Å². The Balaban J connectivity index is 2.12. The fraction of sp³-hybridized carbons (Fsp3) is 0.0625. The molecule has 0 unspecified atom stereocenters. The summed E-state index contributed by atoms with van der Waals surface area (Å²) in [4.78, 5) is 4.43. The number of nitrogens with zero attached hydrogens (tertiary/aromatic N) is 1. The van der Waals surface area contributed by atoms with Gasteiger partial charge >= 0.3 is 0 Å². The van der Waals surface area contributed by atoms with Crippen molar-refractivity contribution in [2.75, 3.05) is 11.1 Å². The van der Waals surface area contributed by atoms with Crippen LogP contribution in [0.2, 0.25) is 0 Å².